The minimum Gasteiger partial charge on any atom is -0.381 e. The molecule has 0 amide bonds. The van der Waals surface area contributed by atoms with E-state index in [4.69, 9.17) is 22.1 Å². The normalized spacial score (nSPS) is 25.4. The second-order valence-corrected chi connectivity index (χ2v) is 6.17. The maximum Gasteiger partial charge on any atom is 0.0484 e. The van der Waals surface area contributed by atoms with Gasteiger partial charge in [-0.05, 0) is 50.9 Å². The van der Waals surface area contributed by atoms with Gasteiger partial charge in [-0.2, -0.15) is 0 Å². The highest BCUT2D eigenvalue weighted by molar-refractivity contribution is 6.30. The molecule has 2 unspecified atom stereocenters. The van der Waals surface area contributed by atoms with Crippen LogP contribution in [0.15, 0.2) is 24.3 Å². The number of ether oxygens (including phenoxy) is 1. The third-order valence-electron chi connectivity index (χ3n) is 4.68. The average Bonchev–Trinajstić information content (AvgIpc) is 2.72. The van der Waals surface area contributed by atoms with Crippen molar-refractivity contribution < 1.29 is 4.74 Å². The Kier molecular flexibility index (Phi) is 5.44. The number of benzene rings is 1. The van der Waals surface area contributed by atoms with Crippen LogP contribution in [-0.2, 0) is 4.74 Å². The molecule has 0 bridgehead atoms. The van der Waals surface area contributed by atoms with Gasteiger partial charge in [-0.1, -0.05) is 23.7 Å². The van der Waals surface area contributed by atoms with E-state index in [1.54, 1.807) is 0 Å². The second kappa shape index (κ2) is 6.90. The molecule has 0 aliphatic carbocycles. The van der Waals surface area contributed by atoms with Gasteiger partial charge in [0.2, 0.25) is 0 Å². The van der Waals surface area contributed by atoms with E-state index < -0.39 is 0 Å². The topological polar surface area (TPSA) is 38.5 Å². The number of hydrogen-bond donors (Lipinski definition) is 1. The number of nitrogens with zero attached hydrogens (tertiary/aromatic N) is 1. The van der Waals surface area contributed by atoms with Crippen molar-refractivity contribution in [2.75, 3.05) is 26.8 Å². The molecule has 112 valence electrons. The highest BCUT2D eigenvalue weighted by Gasteiger charge is 2.36. The van der Waals surface area contributed by atoms with Crippen molar-refractivity contribution in [1.82, 2.24) is 4.90 Å². The number of halogens is 1. The molecule has 1 saturated heterocycles. The number of rotatable bonds is 4. The third-order valence-corrected chi connectivity index (χ3v) is 4.92. The van der Waals surface area contributed by atoms with Crippen LogP contribution in [0.3, 0.4) is 0 Å². The van der Waals surface area contributed by atoms with Gasteiger partial charge in [-0.15, -0.1) is 0 Å². The molecular formula is C16H25ClN2O. The highest BCUT2D eigenvalue weighted by atomic mass is 35.5. The summed E-state index contributed by atoms with van der Waals surface area (Å²) in [6.07, 6.45) is 3.15. The standard InChI is InChI=1S/C16H25ClN2O/c1-13(14-5-3-6-15(17)11-14)19(2)16(12-18)7-4-9-20-10-8-16/h3,5-6,11,13H,4,7-10,12,18H2,1-2H3. The van der Waals surface area contributed by atoms with Crippen LogP contribution >= 0.6 is 11.6 Å². The van der Waals surface area contributed by atoms with Crippen molar-refractivity contribution in [1.29, 1.82) is 0 Å². The molecule has 2 N–H and O–H groups in total. The molecule has 1 heterocycles. The van der Waals surface area contributed by atoms with E-state index in [0.29, 0.717) is 6.54 Å². The summed E-state index contributed by atoms with van der Waals surface area (Å²) in [6, 6.07) is 8.38. The van der Waals surface area contributed by atoms with Crippen LogP contribution in [-0.4, -0.2) is 37.2 Å². The monoisotopic (exact) mass is 296 g/mol. The zero-order chi connectivity index (χ0) is 14.6. The molecule has 1 aromatic carbocycles. The van der Waals surface area contributed by atoms with Crippen LogP contribution in [0.4, 0.5) is 0 Å². The van der Waals surface area contributed by atoms with Gasteiger partial charge in [0.1, 0.15) is 0 Å². The Morgan fingerprint density at radius 2 is 2.20 bits per heavy atom. The lowest BCUT2D eigenvalue weighted by Gasteiger charge is -2.44. The fraction of sp³-hybridized carbons (Fsp3) is 0.625. The molecule has 4 heteroatoms. The van der Waals surface area contributed by atoms with Gasteiger partial charge in [0.25, 0.3) is 0 Å². The van der Waals surface area contributed by atoms with Gasteiger partial charge in [-0.25, -0.2) is 0 Å². The molecule has 3 nitrogen and oxygen atoms in total. The van der Waals surface area contributed by atoms with Crippen molar-refractivity contribution in [3.05, 3.63) is 34.9 Å². The Morgan fingerprint density at radius 3 is 2.90 bits per heavy atom. The summed E-state index contributed by atoms with van der Waals surface area (Å²) in [5.41, 5.74) is 7.39. The van der Waals surface area contributed by atoms with Crippen LogP contribution in [0, 0.1) is 0 Å². The van der Waals surface area contributed by atoms with Crippen LogP contribution < -0.4 is 5.73 Å². The Morgan fingerprint density at radius 1 is 1.40 bits per heavy atom. The van der Waals surface area contributed by atoms with E-state index >= 15 is 0 Å². The first kappa shape index (κ1) is 15.8. The van der Waals surface area contributed by atoms with E-state index in [1.807, 2.05) is 18.2 Å². The van der Waals surface area contributed by atoms with Gasteiger partial charge in [0.05, 0.1) is 0 Å². The summed E-state index contributed by atoms with van der Waals surface area (Å²) in [6.45, 7) is 4.53. The van der Waals surface area contributed by atoms with Crippen LogP contribution in [0.2, 0.25) is 5.02 Å². The Labute approximate surface area is 127 Å². The summed E-state index contributed by atoms with van der Waals surface area (Å²) in [5.74, 6) is 0. The van der Waals surface area contributed by atoms with Gasteiger partial charge >= 0.3 is 0 Å². The highest BCUT2D eigenvalue weighted by Crippen LogP contribution is 2.33. The maximum absolute atomic E-state index is 6.13. The van der Waals surface area contributed by atoms with Gasteiger partial charge < -0.3 is 10.5 Å². The number of likely N-dealkylation sites (N-methyl/N-ethyl adjacent to an activating group) is 1. The first-order valence-electron chi connectivity index (χ1n) is 7.35. The predicted octanol–water partition coefficient (Wildman–Crippen LogP) is 3.23. The molecular weight excluding hydrogens is 272 g/mol. The minimum absolute atomic E-state index is 0.0260. The van der Waals surface area contributed by atoms with Gasteiger partial charge in [0.15, 0.2) is 0 Å². The lowest BCUT2D eigenvalue weighted by molar-refractivity contribution is 0.0595. The van der Waals surface area contributed by atoms with E-state index in [-0.39, 0.29) is 11.6 Å². The van der Waals surface area contributed by atoms with E-state index in [1.165, 1.54) is 5.56 Å². The molecule has 1 aromatic rings. The van der Waals surface area contributed by atoms with Crippen molar-refractivity contribution in [2.45, 2.75) is 37.8 Å². The zero-order valence-electron chi connectivity index (χ0n) is 12.4. The van der Waals surface area contributed by atoms with Gasteiger partial charge in [0, 0.05) is 36.4 Å². The smallest absolute Gasteiger partial charge is 0.0484 e. The molecule has 1 fully saturated rings. The molecule has 0 spiro atoms. The summed E-state index contributed by atoms with van der Waals surface area (Å²) in [5, 5.41) is 0.786. The molecule has 20 heavy (non-hydrogen) atoms. The predicted molar refractivity (Wildman–Crippen MR) is 84.1 cm³/mol. The summed E-state index contributed by atoms with van der Waals surface area (Å²) in [4.78, 5) is 2.41. The molecule has 0 aromatic heterocycles. The largest absolute Gasteiger partial charge is 0.381 e. The minimum atomic E-state index is 0.0260. The fourth-order valence-electron chi connectivity index (χ4n) is 3.09. The summed E-state index contributed by atoms with van der Waals surface area (Å²) < 4.78 is 5.60. The molecule has 2 rings (SSSR count). The third kappa shape index (κ3) is 3.34. The Hall–Kier alpha value is -0.610. The van der Waals surface area contributed by atoms with E-state index in [0.717, 1.165) is 37.5 Å². The molecule has 0 saturated carbocycles. The van der Waals surface area contributed by atoms with E-state index in [9.17, 15) is 0 Å². The molecule has 0 radical (unpaired) electrons. The number of nitrogens with two attached hydrogens (primary N) is 1. The zero-order valence-corrected chi connectivity index (χ0v) is 13.2. The summed E-state index contributed by atoms with van der Waals surface area (Å²) >= 11 is 6.11. The van der Waals surface area contributed by atoms with Gasteiger partial charge in [-0.3, -0.25) is 4.90 Å². The first-order chi connectivity index (χ1) is 9.59. The van der Waals surface area contributed by atoms with Crippen molar-refractivity contribution >= 4 is 11.6 Å². The molecule has 1 aliphatic rings. The first-order valence-corrected chi connectivity index (χ1v) is 7.73. The number of hydrogen-bond acceptors (Lipinski definition) is 3. The lowest BCUT2D eigenvalue weighted by Crippen LogP contribution is -2.53. The average molecular weight is 297 g/mol. The fourth-order valence-corrected chi connectivity index (χ4v) is 3.29. The second-order valence-electron chi connectivity index (χ2n) is 5.74. The quantitative estimate of drug-likeness (QED) is 0.927. The van der Waals surface area contributed by atoms with Crippen LogP contribution in [0.25, 0.3) is 0 Å². The van der Waals surface area contributed by atoms with Crippen molar-refractivity contribution in [3.8, 4) is 0 Å². The maximum atomic E-state index is 6.13. The Balaban J connectivity index is 2.20. The SMILES string of the molecule is CC(c1cccc(Cl)c1)N(C)C1(CN)CCCOCC1. The van der Waals surface area contributed by atoms with Crippen molar-refractivity contribution in [3.63, 3.8) is 0 Å². The van der Waals surface area contributed by atoms with E-state index in [2.05, 4.69) is 24.9 Å². The van der Waals surface area contributed by atoms with Crippen molar-refractivity contribution in [2.24, 2.45) is 5.73 Å². The van der Waals surface area contributed by atoms with Crippen LogP contribution in [0.5, 0.6) is 0 Å². The Bertz CT molecular complexity index is 430. The molecule has 2 atom stereocenters. The molecule has 1 aliphatic heterocycles. The van der Waals surface area contributed by atoms with Crippen LogP contribution in [0.1, 0.15) is 37.8 Å². The summed E-state index contributed by atoms with van der Waals surface area (Å²) in [7, 11) is 2.17. The lowest BCUT2D eigenvalue weighted by atomic mass is 9.87.